The predicted octanol–water partition coefficient (Wildman–Crippen LogP) is 4.26. The monoisotopic (exact) mass is 345 g/mol. The summed E-state index contributed by atoms with van der Waals surface area (Å²) in [6, 6.07) is -0.199. The van der Waals surface area contributed by atoms with Gasteiger partial charge in [0, 0.05) is 5.92 Å². The number of aliphatic hydroxyl groups excluding tert-OH is 1. The van der Waals surface area contributed by atoms with Crippen LogP contribution in [-0.2, 0) is 4.79 Å². The van der Waals surface area contributed by atoms with Crippen LogP contribution in [-0.4, -0.2) is 23.0 Å². The van der Waals surface area contributed by atoms with Crippen LogP contribution in [0.15, 0.2) is 16.8 Å². The summed E-state index contributed by atoms with van der Waals surface area (Å²) >= 11 is 0. The lowest BCUT2D eigenvalue weighted by Gasteiger charge is -2.59. The number of allylic oxidation sites excluding steroid dienone is 1. The number of hydrogen-bond donors (Lipinski definition) is 1. The van der Waals surface area contributed by atoms with Gasteiger partial charge in [0.15, 0.2) is 0 Å². The van der Waals surface area contributed by atoms with Gasteiger partial charge < -0.3 is 5.11 Å². The zero-order valence-electron chi connectivity index (χ0n) is 15.7. The maximum atomic E-state index is 12.2. The van der Waals surface area contributed by atoms with Crippen molar-refractivity contribution in [3.8, 4) is 0 Å². The number of nitroso groups, excluding NO2 is 1. The van der Waals surface area contributed by atoms with Gasteiger partial charge in [-0.3, -0.25) is 4.79 Å². The predicted molar refractivity (Wildman–Crippen MR) is 96.8 cm³/mol. The van der Waals surface area contributed by atoms with E-state index in [4.69, 9.17) is 0 Å². The molecular weight excluding hydrogens is 314 g/mol. The van der Waals surface area contributed by atoms with Crippen molar-refractivity contribution in [1.29, 1.82) is 0 Å². The minimum absolute atomic E-state index is 0.00361. The van der Waals surface area contributed by atoms with Crippen LogP contribution in [0.25, 0.3) is 0 Å². The van der Waals surface area contributed by atoms with Crippen LogP contribution < -0.4 is 0 Å². The van der Waals surface area contributed by atoms with Crippen molar-refractivity contribution in [2.24, 2.45) is 39.7 Å². The zero-order valence-corrected chi connectivity index (χ0v) is 15.7. The molecule has 1 N–H and O–H groups in total. The number of ketones is 1. The molecule has 4 nitrogen and oxygen atoms in total. The fourth-order valence-electron chi connectivity index (χ4n) is 7.54. The van der Waals surface area contributed by atoms with Crippen LogP contribution in [0.2, 0.25) is 0 Å². The quantitative estimate of drug-likeness (QED) is 0.600. The number of Topliss-reactive ketones (excluding diaryl/α,β-unsaturated/α-hetero) is 1. The number of nitrogens with zero attached hydrogens (tertiary/aromatic N) is 1. The van der Waals surface area contributed by atoms with Crippen molar-refractivity contribution in [2.45, 2.75) is 77.9 Å². The largest absolute Gasteiger partial charge is 0.393 e. The Morgan fingerprint density at radius 2 is 2.04 bits per heavy atom. The summed E-state index contributed by atoms with van der Waals surface area (Å²) < 4.78 is 0. The minimum atomic E-state index is -0.235. The second kappa shape index (κ2) is 5.73. The smallest absolute Gasteiger partial charge is 0.133 e. The first-order valence-corrected chi connectivity index (χ1v) is 10.0. The van der Waals surface area contributed by atoms with E-state index in [1.165, 1.54) is 5.57 Å². The fourth-order valence-corrected chi connectivity index (χ4v) is 7.54. The van der Waals surface area contributed by atoms with E-state index in [-0.39, 0.29) is 40.6 Å². The summed E-state index contributed by atoms with van der Waals surface area (Å²) in [5, 5.41) is 13.7. The first-order valence-electron chi connectivity index (χ1n) is 10.0. The highest BCUT2D eigenvalue weighted by Gasteiger charge is 2.62. The summed E-state index contributed by atoms with van der Waals surface area (Å²) in [7, 11) is 0. The number of carbonyl (C=O) groups excluding carboxylic acids is 1. The van der Waals surface area contributed by atoms with E-state index in [2.05, 4.69) is 25.1 Å². The summed E-state index contributed by atoms with van der Waals surface area (Å²) in [6.07, 6.45) is 8.47. The standard InChI is InChI=1S/C21H31NO3/c1-12(23)16-6-7-17-15-5-4-13-10-14(24)8-9-20(13,2)19(15)18(22-25)11-21(16,17)3/h4,14-19,24H,5-11H2,1-3H3. The van der Waals surface area contributed by atoms with Gasteiger partial charge >= 0.3 is 0 Å². The van der Waals surface area contributed by atoms with Crippen molar-refractivity contribution >= 4 is 5.78 Å². The molecule has 0 bridgehead atoms. The molecule has 0 saturated heterocycles. The number of aliphatic hydroxyl groups is 1. The summed E-state index contributed by atoms with van der Waals surface area (Å²) in [5.41, 5.74) is 1.28. The average Bonchev–Trinajstić information content (AvgIpc) is 2.91. The van der Waals surface area contributed by atoms with Crippen molar-refractivity contribution in [3.05, 3.63) is 16.6 Å². The molecule has 8 atom stereocenters. The molecule has 4 rings (SSSR count). The SMILES string of the molecule is CC(=O)C1CCC2C3CC=C4CC(O)CCC4(C)C3C(N=O)CC12C. The molecule has 25 heavy (non-hydrogen) atoms. The highest BCUT2D eigenvalue weighted by Crippen LogP contribution is 2.66. The van der Waals surface area contributed by atoms with Gasteiger partial charge in [0.1, 0.15) is 5.78 Å². The van der Waals surface area contributed by atoms with Crippen molar-refractivity contribution in [1.82, 2.24) is 0 Å². The van der Waals surface area contributed by atoms with Gasteiger partial charge in [-0.05, 0) is 80.5 Å². The lowest BCUT2D eigenvalue weighted by Crippen LogP contribution is -2.56. The molecule has 0 aliphatic heterocycles. The molecule has 4 aliphatic carbocycles. The van der Waals surface area contributed by atoms with Gasteiger partial charge in [-0.15, -0.1) is 0 Å². The van der Waals surface area contributed by atoms with Gasteiger partial charge in [0.25, 0.3) is 0 Å². The fraction of sp³-hybridized carbons (Fsp3) is 0.857. The van der Waals surface area contributed by atoms with E-state index in [0.717, 1.165) is 44.9 Å². The first kappa shape index (κ1) is 17.4. The molecule has 3 fully saturated rings. The van der Waals surface area contributed by atoms with Gasteiger partial charge in [-0.1, -0.05) is 30.7 Å². The third kappa shape index (κ3) is 2.32. The van der Waals surface area contributed by atoms with Crippen molar-refractivity contribution in [2.75, 3.05) is 0 Å². The van der Waals surface area contributed by atoms with E-state index in [9.17, 15) is 14.8 Å². The van der Waals surface area contributed by atoms with E-state index < -0.39 is 0 Å². The molecule has 0 radical (unpaired) electrons. The van der Waals surface area contributed by atoms with Crippen LogP contribution in [0, 0.1) is 39.4 Å². The number of rotatable bonds is 2. The number of carbonyl (C=O) groups is 1. The third-order valence-corrected chi connectivity index (χ3v) is 8.64. The molecule has 0 aromatic rings. The second-order valence-corrected chi connectivity index (χ2v) is 9.70. The molecule has 4 heteroatoms. The maximum absolute atomic E-state index is 12.2. The van der Waals surface area contributed by atoms with E-state index >= 15 is 0 Å². The zero-order chi connectivity index (χ0) is 18.0. The summed E-state index contributed by atoms with van der Waals surface area (Å²) in [6.45, 7) is 6.27. The molecule has 0 amide bonds. The van der Waals surface area contributed by atoms with Gasteiger partial charge in [-0.2, -0.15) is 4.91 Å². The highest BCUT2D eigenvalue weighted by molar-refractivity contribution is 5.79. The van der Waals surface area contributed by atoms with Crippen LogP contribution in [0.4, 0.5) is 0 Å². The highest BCUT2D eigenvalue weighted by atomic mass is 16.3. The maximum Gasteiger partial charge on any atom is 0.133 e. The van der Waals surface area contributed by atoms with Gasteiger partial charge in [0.2, 0.25) is 0 Å². The molecule has 0 aromatic carbocycles. The first-order chi connectivity index (χ1) is 11.8. The molecule has 0 heterocycles. The molecule has 8 unspecified atom stereocenters. The molecule has 3 saturated carbocycles. The van der Waals surface area contributed by atoms with Gasteiger partial charge in [-0.25, -0.2) is 0 Å². The number of hydrogen-bond acceptors (Lipinski definition) is 4. The van der Waals surface area contributed by atoms with Crippen LogP contribution in [0.1, 0.15) is 65.7 Å². The van der Waals surface area contributed by atoms with Crippen LogP contribution in [0.5, 0.6) is 0 Å². The van der Waals surface area contributed by atoms with Crippen LogP contribution >= 0.6 is 0 Å². The second-order valence-electron chi connectivity index (χ2n) is 9.70. The molecule has 138 valence electrons. The number of fused-ring (bicyclic) bond motifs is 5. The molecule has 0 aromatic heterocycles. The van der Waals surface area contributed by atoms with Crippen molar-refractivity contribution in [3.63, 3.8) is 0 Å². The Kier molecular flexibility index (Phi) is 3.99. The van der Waals surface area contributed by atoms with E-state index in [0.29, 0.717) is 11.8 Å². The normalized spacial score (nSPS) is 51.8. The van der Waals surface area contributed by atoms with E-state index in [1.807, 2.05) is 0 Å². The molecule has 0 spiro atoms. The summed E-state index contributed by atoms with van der Waals surface area (Å²) in [4.78, 5) is 24.1. The van der Waals surface area contributed by atoms with Crippen molar-refractivity contribution < 1.29 is 9.90 Å². The Bertz CT molecular complexity index is 629. The lowest BCUT2D eigenvalue weighted by molar-refractivity contribution is -0.128. The third-order valence-electron chi connectivity index (χ3n) is 8.64. The lowest BCUT2D eigenvalue weighted by atomic mass is 9.46. The Balaban J connectivity index is 1.75. The molecule has 4 aliphatic rings. The van der Waals surface area contributed by atoms with Gasteiger partial charge in [0.05, 0.1) is 12.1 Å². The Morgan fingerprint density at radius 3 is 2.72 bits per heavy atom. The minimum Gasteiger partial charge on any atom is -0.393 e. The Morgan fingerprint density at radius 1 is 1.28 bits per heavy atom. The molecular formula is C21H31NO3. The summed E-state index contributed by atoms with van der Waals surface area (Å²) in [5.74, 6) is 1.63. The topological polar surface area (TPSA) is 66.7 Å². The van der Waals surface area contributed by atoms with Crippen LogP contribution in [0.3, 0.4) is 0 Å². The Labute approximate surface area is 150 Å². The Hall–Kier alpha value is -1.03. The average molecular weight is 345 g/mol. The van der Waals surface area contributed by atoms with E-state index in [1.54, 1.807) is 6.92 Å².